The van der Waals surface area contributed by atoms with Crippen LogP contribution in [0.2, 0.25) is 0 Å². The van der Waals surface area contributed by atoms with Crippen LogP contribution in [0.5, 0.6) is 11.8 Å². The summed E-state index contributed by atoms with van der Waals surface area (Å²) in [5, 5.41) is 31.8. The van der Waals surface area contributed by atoms with Crippen LogP contribution in [-0.4, -0.2) is 66.8 Å². The number of H-pyrrole nitrogens is 1. The first-order valence-corrected chi connectivity index (χ1v) is 14.3. The van der Waals surface area contributed by atoms with Crippen molar-refractivity contribution < 1.29 is 19.3 Å². The van der Waals surface area contributed by atoms with Gasteiger partial charge >= 0.3 is 0 Å². The molecule has 2 bridgehead atoms. The van der Waals surface area contributed by atoms with Gasteiger partial charge in [0.1, 0.15) is 6.10 Å². The Morgan fingerprint density at radius 2 is 1.95 bits per heavy atom. The molecule has 0 fully saturated rings. The number of aliphatic hydroxyl groups excluding tert-OH is 1. The number of hydrogen-bond donors (Lipinski definition) is 3. The van der Waals surface area contributed by atoms with Gasteiger partial charge in [-0.2, -0.15) is 10.2 Å². The zero-order valence-corrected chi connectivity index (χ0v) is 25.4. The van der Waals surface area contributed by atoms with E-state index >= 15 is 0 Å². The smallest absolute Gasteiger partial charge is 0.240 e. The molecule has 4 aromatic rings. The fourth-order valence-electron chi connectivity index (χ4n) is 4.88. The van der Waals surface area contributed by atoms with E-state index in [9.17, 15) is 5.11 Å². The number of benzene rings is 1. The maximum atomic E-state index is 10.2. The number of aryl methyl sites for hydroxylation is 1. The average Bonchev–Trinajstić information content (AvgIpc) is 3.56. The lowest BCUT2D eigenvalue weighted by Gasteiger charge is -2.18. The fraction of sp³-hybridized carbons (Fsp3) is 0.500. The molecule has 0 amide bonds. The minimum absolute atomic E-state index is 0.0562. The SMILES string of the molecule is CC.COCc1nn(C)c2c1-c1ccc3n[nH]c(c3c1)/C=C/c1c(OC(C)C)nn(CC(C)O)c1CNCC(C)O2. The van der Waals surface area contributed by atoms with Crippen molar-refractivity contribution >= 4 is 23.1 Å². The summed E-state index contributed by atoms with van der Waals surface area (Å²) in [6.45, 7) is 13.5. The molecular formula is C30H43N7O4. The molecule has 0 saturated heterocycles. The lowest BCUT2D eigenvalue weighted by atomic mass is 10.0. The third-order valence-corrected chi connectivity index (χ3v) is 6.52. The number of nitrogens with one attached hydrogen (secondary N) is 2. The van der Waals surface area contributed by atoms with Gasteiger partial charge in [0.15, 0.2) is 0 Å². The molecule has 1 aromatic carbocycles. The van der Waals surface area contributed by atoms with Crippen molar-refractivity contribution in [1.82, 2.24) is 35.1 Å². The Hall–Kier alpha value is -3.67. The Morgan fingerprint density at radius 3 is 2.66 bits per heavy atom. The molecule has 11 nitrogen and oxygen atoms in total. The lowest BCUT2D eigenvalue weighted by Crippen LogP contribution is -2.30. The molecule has 1 aliphatic rings. The molecule has 2 atom stereocenters. The molecule has 2 unspecified atom stereocenters. The van der Waals surface area contributed by atoms with Gasteiger partial charge in [-0.25, -0.2) is 4.68 Å². The van der Waals surface area contributed by atoms with Gasteiger partial charge in [-0.05, 0) is 57.5 Å². The van der Waals surface area contributed by atoms with Crippen LogP contribution < -0.4 is 14.8 Å². The quantitative estimate of drug-likeness (QED) is 0.311. The zero-order valence-electron chi connectivity index (χ0n) is 25.4. The molecule has 222 valence electrons. The molecule has 41 heavy (non-hydrogen) atoms. The highest BCUT2D eigenvalue weighted by Gasteiger charge is 2.24. The van der Waals surface area contributed by atoms with Crippen LogP contribution in [0.4, 0.5) is 0 Å². The summed E-state index contributed by atoms with van der Waals surface area (Å²) in [7, 11) is 3.55. The molecule has 0 aliphatic carbocycles. The summed E-state index contributed by atoms with van der Waals surface area (Å²) in [6.07, 6.45) is 3.22. The summed E-state index contributed by atoms with van der Waals surface area (Å²) in [4.78, 5) is 0. The standard InChI is InChI=1S/C28H37N7O4.C2H6/c1-16(2)38-27-20-8-10-23-21-11-19(7-9-22(21)30-31-23)26-24(15-37-6)32-34(5)28(26)39-18(4)12-29-13-25(20)35(33-27)14-17(3)36;1-2/h7-11,16-18,29,36H,12-15H2,1-6H3,(H,30,31);1-2H3/b10-8+;. The Kier molecular flexibility index (Phi) is 9.85. The number of fused-ring (bicyclic) bond motifs is 4. The van der Waals surface area contributed by atoms with E-state index in [1.165, 1.54) is 0 Å². The topological polar surface area (TPSA) is 124 Å². The van der Waals surface area contributed by atoms with E-state index in [2.05, 4.69) is 21.6 Å². The van der Waals surface area contributed by atoms with Crippen molar-refractivity contribution in [2.24, 2.45) is 7.05 Å². The number of aromatic nitrogens is 6. The van der Waals surface area contributed by atoms with Crippen molar-refractivity contribution in [3.05, 3.63) is 40.8 Å². The molecule has 11 heteroatoms. The average molecular weight is 566 g/mol. The molecule has 1 aliphatic heterocycles. The van der Waals surface area contributed by atoms with Crippen LogP contribution >= 0.6 is 0 Å². The Labute approximate surface area is 241 Å². The Bertz CT molecular complexity index is 1480. The number of hydrogen-bond acceptors (Lipinski definition) is 8. The second-order valence-electron chi connectivity index (χ2n) is 10.3. The minimum atomic E-state index is -0.566. The molecule has 0 saturated carbocycles. The maximum Gasteiger partial charge on any atom is 0.240 e. The zero-order chi connectivity index (χ0) is 29.7. The van der Waals surface area contributed by atoms with Gasteiger partial charge in [0.2, 0.25) is 11.8 Å². The van der Waals surface area contributed by atoms with Gasteiger partial charge in [-0.15, -0.1) is 5.10 Å². The fourth-order valence-corrected chi connectivity index (χ4v) is 4.88. The van der Waals surface area contributed by atoms with E-state index in [-0.39, 0.29) is 12.2 Å². The van der Waals surface area contributed by atoms with Crippen molar-refractivity contribution in [2.75, 3.05) is 13.7 Å². The lowest BCUT2D eigenvalue weighted by molar-refractivity contribution is 0.164. The first kappa shape index (κ1) is 30.3. The van der Waals surface area contributed by atoms with Crippen molar-refractivity contribution in [3.63, 3.8) is 0 Å². The molecular weight excluding hydrogens is 522 g/mol. The number of aromatic amines is 1. The van der Waals surface area contributed by atoms with E-state index in [0.717, 1.165) is 44.7 Å². The second-order valence-corrected chi connectivity index (χ2v) is 10.3. The summed E-state index contributed by atoms with van der Waals surface area (Å²) >= 11 is 0. The molecule has 4 heterocycles. The number of ether oxygens (including phenoxy) is 3. The maximum absolute atomic E-state index is 10.2. The Balaban J connectivity index is 0.00000189. The molecule has 0 radical (unpaired) electrons. The van der Waals surface area contributed by atoms with E-state index < -0.39 is 6.10 Å². The van der Waals surface area contributed by atoms with Gasteiger partial charge in [-0.1, -0.05) is 19.9 Å². The van der Waals surface area contributed by atoms with E-state index in [0.29, 0.717) is 38.0 Å². The molecule has 3 N–H and O–H groups in total. The van der Waals surface area contributed by atoms with E-state index in [4.69, 9.17) is 24.4 Å². The van der Waals surface area contributed by atoms with Crippen LogP contribution in [0.25, 0.3) is 34.2 Å². The second kappa shape index (κ2) is 13.3. The first-order valence-electron chi connectivity index (χ1n) is 14.3. The Morgan fingerprint density at radius 1 is 1.17 bits per heavy atom. The molecule has 5 rings (SSSR count). The number of rotatable bonds is 6. The summed E-state index contributed by atoms with van der Waals surface area (Å²) < 4.78 is 21.6. The number of nitrogens with zero attached hydrogens (tertiary/aromatic N) is 5. The number of methoxy groups -OCH3 is 1. The first-order chi connectivity index (χ1) is 19.7. The number of aliphatic hydroxyl groups is 1. The van der Waals surface area contributed by atoms with Crippen molar-refractivity contribution in [3.8, 4) is 22.9 Å². The van der Waals surface area contributed by atoms with Crippen molar-refractivity contribution in [2.45, 2.75) is 79.6 Å². The van der Waals surface area contributed by atoms with Crippen molar-refractivity contribution in [1.29, 1.82) is 0 Å². The van der Waals surface area contributed by atoms with Crippen LogP contribution in [-0.2, 0) is 31.5 Å². The van der Waals surface area contributed by atoms with Crippen LogP contribution in [0.1, 0.15) is 64.2 Å². The van der Waals surface area contributed by atoms with Crippen LogP contribution in [0.3, 0.4) is 0 Å². The summed E-state index contributed by atoms with van der Waals surface area (Å²) in [6, 6.07) is 6.13. The highest BCUT2D eigenvalue weighted by molar-refractivity contribution is 5.93. The van der Waals surface area contributed by atoms with Crippen LogP contribution in [0, 0.1) is 0 Å². The predicted octanol–water partition coefficient (Wildman–Crippen LogP) is 4.54. The van der Waals surface area contributed by atoms with Gasteiger partial charge < -0.3 is 24.6 Å². The van der Waals surface area contributed by atoms with Gasteiger partial charge in [-0.3, -0.25) is 9.78 Å². The van der Waals surface area contributed by atoms with Gasteiger partial charge in [0, 0.05) is 32.6 Å². The largest absolute Gasteiger partial charge is 0.473 e. The third kappa shape index (κ3) is 6.64. The summed E-state index contributed by atoms with van der Waals surface area (Å²) in [5.74, 6) is 1.21. The molecule has 3 aromatic heterocycles. The van der Waals surface area contributed by atoms with E-state index in [1.807, 2.05) is 70.6 Å². The van der Waals surface area contributed by atoms with E-state index in [1.54, 1.807) is 18.7 Å². The normalized spacial score (nSPS) is 16.7. The highest BCUT2D eigenvalue weighted by atomic mass is 16.5. The monoisotopic (exact) mass is 565 g/mol. The third-order valence-electron chi connectivity index (χ3n) is 6.52. The van der Waals surface area contributed by atoms with Crippen LogP contribution in [0.15, 0.2) is 18.2 Å². The molecule has 0 spiro atoms. The summed E-state index contributed by atoms with van der Waals surface area (Å²) in [5.41, 5.74) is 6.15. The highest BCUT2D eigenvalue weighted by Crippen LogP contribution is 2.37. The predicted molar refractivity (Wildman–Crippen MR) is 161 cm³/mol. The van der Waals surface area contributed by atoms with Gasteiger partial charge in [0.25, 0.3) is 0 Å². The minimum Gasteiger partial charge on any atom is -0.473 e. The van der Waals surface area contributed by atoms with Gasteiger partial charge in [0.05, 0.1) is 59.1 Å².